The summed E-state index contributed by atoms with van der Waals surface area (Å²) in [6.07, 6.45) is 0. The molecule has 0 saturated heterocycles. The third-order valence-corrected chi connectivity index (χ3v) is 4.52. The summed E-state index contributed by atoms with van der Waals surface area (Å²) in [5.74, 6) is 1.02. The lowest BCUT2D eigenvalue weighted by Gasteiger charge is -2.28. The summed E-state index contributed by atoms with van der Waals surface area (Å²) in [7, 11) is 1.37. The average molecular weight is 390 g/mol. The van der Waals surface area contributed by atoms with Crippen LogP contribution in [0.1, 0.15) is 35.5 Å². The molecule has 0 atom stereocenters. The van der Waals surface area contributed by atoms with Gasteiger partial charge in [-0.3, -0.25) is 0 Å². The van der Waals surface area contributed by atoms with Gasteiger partial charge in [0.05, 0.1) is 12.7 Å². The molecule has 0 aliphatic rings. The van der Waals surface area contributed by atoms with E-state index < -0.39 is 0 Å². The molecule has 0 aliphatic carbocycles. The summed E-state index contributed by atoms with van der Waals surface area (Å²) >= 11 is 0. The van der Waals surface area contributed by atoms with Gasteiger partial charge in [0.1, 0.15) is 5.82 Å². The molecule has 6 heteroatoms. The minimum absolute atomic E-state index is 0.275. The van der Waals surface area contributed by atoms with E-state index in [9.17, 15) is 4.79 Å². The molecule has 1 aromatic heterocycles. The van der Waals surface area contributed by atoms with Crippen LogP contribution >= 0.6 is 0 Å². The van der Waals surface area contributed by atoms with E-state index in [0.29, 0.717) is 11.5 Å². The molecule has 0 aliphatic heterocycles. The summed E-state index contributed by atoms with van der Waals surface area (Å²) < 4.78 is 4.73. The SMILES string of the molecule is COC(=O)c1ccc(Nc2nc(C)cc(N(Cc3ccccc3)C(C)C)n2)cc1. The van der Waals surface area contributed by atoms with Gasteiger partial charge in [-0.15, -0.1) is 0 Å². The number of benzene rings is 2. The first kappa shape index (κ1) is 20.3. The van der Waals surface area contributed by atoms with Crippen LogP contribution in [0, 0.1) is 6.92 Å². The Morgan fingerprint density at radius 2 is 1.76 bits per heavy atom. The molecule has 0 radical (unpaired) electrons. The molecule has 0 bridgehead atoms. The molecule has 0 spiro atoms. The molecule has 3 rings (SSSR count). The van der Waals surface area contributed by atoms with Crippen molar-refractivity contribution in [2.75, 3.05) is 17.3 Å². The number of nitrogens with zero attached hydrogens (tertiary/aromatic N) is 3. The number of methoxy groups -OCH3 is 1. The van der Waals surface area contributed by atoms with Crippen molar-refractivity contribution in [2.45, 2.75) is 33.4 Å². The Balaban J connectivity index is 1.83. The first-order valence-electron chi connectivity index (χ1n) is 9.58. The summed E-state index contributed by atoms with van der Waals surface area (Å²) in [4.78, 5) is 23.1. The Bertz CT molecular complexity index is 956. The Morgan fingerprint density at radius 1 is 1.07 bits per heavy atom. The van der Waals surface area contributed by atoms with E-state index in [-0.39, 0.29) is 12.0 Å². The fourth-order valence-electron chi connectivity index (χ4n) is 3.00. The largest absolute Gasteiger partial charge is 0.465 e. The maximum absolute atomic E-state index is 11.6. The Labute approximate surface area is 171 Å². The number of esters is 1. The number of aryl methyl sites for hydroxylation is 1. The van der Waals surface area contributed by atoms with E-state index in [1.54, 1.807) is 12.1 Å². The first-order chi connectivity index (χ1) is 14.0. The van der Waals surface area contributed by atoms with E-state index in [2.05, 4.69) is 41.2 Å². The average Bonchev–Trinajstić information content (AvgIpc) is 2.72. The van der Waals surface area contributed by atoms with Crippen molar-refractivity contribution in [2.24, 2.45) is 0 Å². The zero-order valence-electron chi connectivity index (χ0n) is 17.2. The fourth-order valence-corrected chi connectivity index (χ4v) is 3.00. The molecule has 0 saturated carbocycles. The molecule has 3 aromatic rings. The second kappa shape index (κ2) is 9.19. The van der Waals surface area contributed by atoms with Gasteiger partial charge in [0, 0.05) is 30.0 Å². The van der Waals surface area contributed by atoms with E-state index >= 15 is 0 Å². The molecular formula is C23H26N4O2. The molecular weight excluding hydrogens is 364 g/mol. The standard InChI is InChI=1S/C23H26N4O2/c1-16(2)27(15-18-8-6-5-7-9-18)21-14-17(3)24-23(26-21)25-20-12-10-19(11-13-20)22(28)29-4/h5-14,16H,15H2,1-4H3,(H,24,25,26). The van der Waals surface area contributed by atoms with E-state index in [1.165, 1.54) is 12.7 Å². The minimum atomic E-state index is -0.362. The summed E-state index contributed by atoms with van der Waals surface area (Å²) in [6, 6.07) is 19.6. The smallest absolute Gasteiger partial charge is 0.337 e. The number of aromatic nitrogens is 2. The number of hydrogen-bond donors (Lipinski definition) is 1. The van der Waals surface area contributed by atoms with Crippen LogP contribution in [0.2, 0.25) is 0 Å². The molecule has 1 N–H and O–H groups in total. The normalized spacial score (nSPS) is 10.7. The van der Waals surface area contributed by atoms with Crippen LogP contribution in [0.15, 0.2) is 60.7 Å². The molecule has 6 nitrogen and oxygen atoms in total. The third kappa shape index (κ3) is 5.31. The predicted molar refractivity (Wildman–Crippen MR) is 116 cm³/mol. The van der Waals surface area contributed by atoms with E-state index in [4.69, 9.17) is 9.72 Å². The van der Waals surface area contributed by atoms with Gasteiger partial charge in [0.2, 0.25) is 5.95 Å². The first-order valence-corrected chi connectivity index (χ1v) is 9.58. The number of ether oxygens (including phenoxy) is 1. The summed E-state index contributed by atoms with van der Waals surface area (Å²) in [6.45, 7) is 7.03. The zero-order chi connectivity index (χ0) is 20.8. The predicted octanol–water partition coefficient (Wildman–Crippen LogP) is 4.73. The van der Waals surface area contributed by atoms with Crippen molar-refractivity contribution in [3.05, 3.63) is 77.5 Å². The molecule has 0 amide bonds. The van der Waals surface area contributed by atoms with Crippen LogP contribution in [0.25, 0.3) is 0 Å². The van der Waals surface area contributed by atoms with Crippen molar-refractivity contribution < 1.29 is 9.53 Å². The summed E-state index contributed by atoms with van der Waals surface area (Å²) in [5, 5.41) is 3.23. The molecule has 2 aromatic carbocycles. The van der Waals surface area contributed by atoms with Crippen LogP contribution in [-0.2, 0) is 11.3 Å². The Morgan fingerprint density at radius 3 is 2.38 bits per heavy atom. The second-order valence-electron chi connectivity index (χ2n) is 7.09. The quantitative estimate of drug-likeness (QED) is 0.588. The van der Waals surface area contributed by atoms with Gasteiger partial charge in [-0.2, -0.15) is 4.98 Å². The van der Waals surface area contributed by atoms with Gasteiger partial charge < -0.3 is 15.0 Å². The van der Waals surface area contributed by atoms with Gasteiger partial charge in [-0.05, 0) is 50.6 Å². The van der Waals surface area contributed by atoms with Gasteiger partial charge in [0.25, 0.3) is 0 Å². The maximum Gasteiger partial charge on any atom is 0.337 e. The van der Waals surface area contributed by atoms with Crippen molar-refractivity contribution in [3.63, 3.8) is 0 Å². The third-order valence-electron chi connectivity index (χ3n) is 4.52. The van der Waals surface area contributed by atoms with Gasteiger partial charge in [-0.1, -0.05) is 30.3 Å². The van der Waals surface area contributed by atoms with Crippen LogP contribution < -0.4 is 10.2 Å². The highest BCUT2D eigenvalue weighted by atomic mass is 16.5. The van der Waals surface area contributed by atoms with Crippen molar-refractivity contribution in [3.8, 4) is 0 Å². The molecule has 29 heavy (non-hydrogen) atoms. The number of hydrogen-bond acceptors (Lipinski definition) is 6. The van der Waals surface area contributed by atoms with Crippen LogP contribution in [-0.4, -0.2) is 29.1 Å². The van der Waals surface area contributed by atoms with Crippen LogP contribution in [0.4, 0.5) is 17.5 Å². The fraction of sp³-hybridized carbons (Fsp3) is 0.261. The highest BCUT2D eigenvalue weighted by Gasteiger charge is 2.15. The minimum Gasteiger partial charge on any atom is -0.465 e. The lowest BCUT2D eigenvalue weighted by molar-refractivity contribution is 0.0601. The maximum atomic E-state index is 11.6. The van der Waals surface area contributed by atoms with Crippen LogP contribution in [0.3, 0.4) is 0 Å². The Kier molecular flexibility index (Phi) is 6.44. The topological polar surface area (TPSA) is 67.3 Å². The molecule has 1 heterocycles. The number of rotatable bonds is 7. The van der Waals surface area contributed by atoms with Crippen LogP contribution in [0.5, 0.6) is 0 Å². The number of anilines is 3. The van der Waals surface area contributed by atoms with E-state index in [0.717, 1.165) is 23.7 Å². The van der Waals surface area contributed by atoms with E-state index in [1.807, 2.05) is 43.3 Å². The van der Waals surface area contributed by atoms with Crippen molar-refractivity contribution in [1.29, 1.82) is 0 Å². The number of carbonyl (C=O) groups excluding carboxylic acids is 1. The molecule has 0 unspecified atom stereocenters. The Hall–Kier alpha value is -3.41. The molecule has 150 valence electrons. The monoisotopic (exact) mass is 390 g/mol. The number of carbonyl (C=O) groups is 1. The summed E-state index contributed by atoms with van der Waals surface area (Å²) in [5.41, 5.74) is 3.40. The lowest BCUT2D eigenvalue weighted by Crippen LogP contribution is -2.31. The lowest BCUT2D eigenvalue weighted by atomic mass is 10.2. The van der Waals surface area contributed by atoms with Gasteiger partial charge >= 0.3 is 5.97 Å². The van der Waals surface area contributed by atoms with Crippen molar-refractivity contribution in [1.82, 2.24) is 9.97 Å². The van der Waals surface area contributed by atoms with Gasteiger partial charge in [0.15, 0.2) is 0 Å². The van der Waals surface area contributed by atoms with Gasteiger partial charge in [-0.25, -0.2) is 9.78 Å². The molecule has 0 fully saturated rings. The van der Waals surface area contributed by atoms with Crippen molar-refractivity contribution >= 4 is 23.4 Å². The second-order valence-corrected chi connectivity index (χ2v) is 7.09. The number of nitrogens with one attached hydrogen (secondary N) is 1. The zero-order valence-corrected chi connectivity index (χ0v) is 17.2. The highest BCUT2D eigenvalue weighted by Crippen LogP contribution is 2.22. The highest BCUT2D eigenvalue weighted by molar-refractivity contribution is 5.89.